The number of halogens is 1. The number of hydrogen-bond donors (Lipinski definition) is 0. The van der Waals surface area contributed by atoms with Crippen molar-refractivity contribution in [3.05, 3.63) is 29.3 Å². The summed E-state index contributed by atoms with van der Waals surface area (Å²) in [6.45, 7) is 0.0943. The molecule has 1 saturated heterocycles. The molecule has 1 saturated carbocycles. The van der Waals surface area contributed by atoms with Crippen LogP contribution in [0.1, 0.15) is 32.1 Å². The molecule has 6 heteroatoms. The SMILES string of the molecule is O=C(CCN1C(=O)[C@H]2CCCC[C@H]2C1=O)Oc1ccc(Cl)cc1. The second-order valence-electron chi connectivity index (χ2n) is 6.00. The maximum Gasteiger partial charge on any atom is 0.312 e. The quantitative estimate of drug-likeness (QED) is 0.482. The molecule has 5 nitrogen and oxygen atoms in total. The van der Waals surface area contributed by atoms with Gasteiger partial charge >= 0.3 is 5.97 Å². The van der Waals surface area contributed by atoms with E-state index in [-0.39, 0.29) is 36.6 Å². The van der Waals surface area contributed by atoms with Crippen LogP contribution in [0.5, 0.6) is 5.75 Å². The minimum Gasteiger partial charge on any atom is -0.426 e. The second-order valence-corrected chi connectivity index (χ2v) is 6.44. The number of nitrogens with zero attached hydrogens (tertiary/aromatic N) is 1. The van der Waals surface area contributed by atoms with Crippen LogP contribution >= 0.6 is 11.6 Å². The lowest BCUT2D eigenvalue weighted by Gasteiger charge is -2.19. The lowest BCUT2D eigenvalue weighted by Crippen LogP contribution is -2.33. The third-order valence-electron chi connectivity index (χ3n) is 4.52. The van der Waals surface area contributed by atoms with E-state index in [4.69, 9.17) is 16.3 Å². The number of fused-ring (bicyclic) bond motifs is 1. The van der Waals surface area contributed by atoms with Gasteiger partial charge in [-0.15, -0.1) is 0 Å². The molecule has 1 aliphatic carbocycles. The number of hydrogen-bond acceptors (Lipinski definition) is 4. The van der Waals surface area contributed by atoms with Crippen molar-refractivity contribution in [1.29, 1.82) is 0 Å². The summed E-state index contributed by atoms with van der Waals surface area (Å²) >= 11 is 5.77. The molecule has 1 heterocycles. The number of carbonyl (C=O) groups is 3. The van der Waals surface area contributed by atoms with Gasteiger partial charge in [0.05, 0.1) is 18.3 Å². The van der Waals surface area contributed by atoms with Gasteiger partial charge in [0, 0.05) is 11.6 Å². The topological polar surface area (TPSA) is 63.7 Å². The highest BCUT2D eigenvalue weighted by Gasteiger charge is 2.47. The monoisotopic (exact) mass is 335 g/mol. The summed E-state index contributed by atoms with van der Waals surface area (Å²) in [6.07, 6.45) is 3.54. The molecule has 1 aromatic carbocycles. The maximum atomic E-state index is 12.3. The van der Waals surface area contributed by atoms with Crippen molar-refractivity contribution in [1.82, 2.24) is 4.90 Å². The summed E-state index contributed by atoms with van der Waals surface area (Å²) in [5.41, 5.74) is 0. The Labute approximate surface area is 139 Å². The van der Waals surface area contributed by atoms with Crippen molar-refractivity contribution in [3.8, 4) is 5.75 Å². The number of ether oxygens (including phenoxy) is 1. The summed E-state index contributed by atoms with van der Waals surface area (Å²) < 4.78 is 5.17. The molecule has 0 aromatic heterocycles. The van der Waals surface area contributed by atoms with Crippen LogP contribution in [0.4, 0.5) is 0 Å². The van der Waals surface area contributed by atoms with Gasteiger partial charge in [-0.1, -0.05) is 24.4 Å². The molecule has 0 unspecified atom stereocenters. The Morgan fingerprint density at radius 2 is 1.65 bits per heavy atom. The second kappa shape index (κ2) is 6.71. The molecule has 1 aliphatic heterocycles. The number of carbonyl (C=O) groups excluding carboxylic acids is 3. The fourth-order valence-corrected chi connectivity index (χ4v) is 3.47. The van der Waals surface area contributed by atoms with Crippen molar-refractivity contribution in [3.63, 3.8) is 0 Å². The van der Waals surface area contributed by atoms with Gasteiger partial charge in [-0.3, -0.25) is 19.3 Å². The van der Waals surface area contributed by atoms with E-state index in [1.807, 2.05) is 0 Å². The Morgan fingerprint density at radius 3 is 2.22 bits per heavy atom. The van der Waals surface area contributed by atoms with E-state index in [1.54, 1.807) is 24.3 Å². The normalized spacial score (nSPS) is 23.8. The standard InChI is InChI=1S/C17H18ClNO4/c18-11-5-7-12(8-6-11)23-15(20)9-10-19-16(21)13-3-1-2-4-14(13)17(19)22/h5-8,13-14H,1-4,9-10H2/t13-,14+. The number of likely N-dealkylation sites (tertiary alicyclic amines) is 1. The van der Waals surface area contributed by atoms with Crippen molar-refractivity contribution >= 4 is 29.4 Å². The molecular weight excluding hydrogens is 318 g/mol. The average Bonchev–Trinajstić information content (AvgIpc) is 2.80. The lowest BCUT2D eigenvalue weighted by molar-refractivity contribution is -0.141. The zero-order valence-corrected chi connectivity index (χ0v) is 13.4. The van der Waals surface area contributed by atoms with Crippen molar-refractivity contribution in [2.45, 2.75) is 32.1 Å². The molecule has 2 fully saturated rings. The highest BCUT2D eigenvalue weighted by molar-refractivity contribution is 6.30. The summed E-state index contributed by atoms with van der Waals surface area (Å²) in [6, 6.07) is 6.45. The van der Waals surface area contributed by atoms with Crippen LogP contribution < -0.4 is 4.74 Å². The predicted molar refractivity (Wildman–Crippen MR) is 83.9 cm³/mol. The van der Waals surface area contributed by atoms with Gasteiger partial charge in [0.2, 0.25) is 11.8 Å². The van der Waals surface area contributed by atoms with Crippen LogP contribution in [0.25, 0.3) is 0 Å². The first kappa shape index (κ1) is 16.0. The van der Waals surface area contributed by atoms with Gasteiger partial charge in [0.1, 0.15) is 5.75 Å². The van der Waals surface area contributed by atoms with Gasteiger partial charge < -0.3 is 4.74 Å². The van der Waals surface area contributed by atoms with E-state index < -0.39 is 5.97 Å². The molecular formula is C17H18ClNO4. The Hall–Kier alpha value is -1.88. The fraction of sp³-hybridized carbons (Fsp3) is 0.471. The van der Waals surface area contributed by atoms with Crippen molar-refractivity contribution in [2.75, 3.05) is 6.54 Å². The summed E-state index contributed by atoms with van der Waals surface area (Å²) in [5.74, 6) is -0.681. The third-order valence-corrected chi connectivity index (χ3v) is 4.77. The van der Waals surface area contributed by atoms with Crippen LogP contribution in [0.2, 0.25) is 5.02 Å². The highest BCUT2D eigenvalue weighted by Crippen LogP contribution is 2.37. The first-order valence-corrected chi connectivity index (χ1v) is 8.25. The van der Waals surface area contributed by atoms with Gasteiger partial charge in [0.15, 0.2) is 0 Å². The largest absolute Gasteiger partial charge is 0.426 e. The Bertz CT molecular complexity index is 604. The first-order chi connectivity index (χ1) is 11.1. The molecule has 0 spiro atoms. The van der Waals surface area contributed by atoms with Gasteiger partial charge in [0.25, 0.3) is 0 Å². The molecule has 2 amide bonds. The number of benzene rings is 1. The van der Waals surface area contributed by atoms with Crippen molar-refractivity contribution in [2.24, 2.45) is 11.8 Å². The first-order valence-electron chi connectivity index (χ1n) is 7.88. The maximum absolute atomic E-state index is 12.3. The average molecular weight is 336 g/mol. The molecule has 23 heavy (non-hydrogen) atoms. The van der Waals surface area contributed by atoms with Crippen LogP contribution in [0.15, 0.2) is 24.3 Å². The van der Waals surface area contributed by atoms with E-state index >= 15 is 0 Å². The van der Waals surface area contributed by atoms with E-state index in [0.717, 1.165) is 25.7 Å². The minimum absolute atomic E-state index is 0.000450. The van der Waals surface area contributed by atoms with E-state index in [9.17, 15) is 14.4 Å². The van der Waals surface area contributed by atoms with Gasteiger partial charge in [-0.2, -0.15) is 0 Å². The molecule has 0 bridgehead atoms. The molecule has 3 rings (SSSR count). The molecule has 2 atom stereocenters. The van der Waals surface area contributed by atoms with Crippen molar-refractivity contribution < 1.29 is 19.1 Å². The third kappa shape index (κ3) is 3.39. The minimum atomic E-state index is -0.470. The summed E-state index contributed by atoms with van der Waals surface area (Å²) in [4.78, 5) is 37.7. The smallest absolute Gasteiger partial charge is 0.312 e. The molecule has 0 N–H and O–H groups in total. The predicted octanol–water partition coefficient (Wildman–Crippen LogP) is 2.81. The summed E-state index contributed by atoms with van der Waals surface area (Å²) in [5, 5.41) is 0.556. The van der Waals surface area contributed by atoms with Crippen LogP contribution in [0.3, 0.4) is 0 Å². The van der Waals surface area contributed by atoms with Gasteiger partial charge in [-0.25, -0.2) is 0 Å². The molecule has 1 aromatic rings. The van der Waals surface area contributed by atoms with Crippen LogP contribution in [0, 0.1) is 11.8 Å². The van der Waals surface area contributed by atoms with Gasteiger partial charge in [-0.05, 0) is 37.1 Å². The van der Waals surface area contributed by atoms with E-state index in [2.05, 4.69) is 0 Å². The van der Waals surface area contributed by atoms with E-state index in [1.165, 1.54) is 4.90 Å². The summed E-state index contributed by atoms with van der Waals surface area (Å²) in [7, 11) is 0. The van der Waals surface area contributed by atoms with E-state index in [0.29, 0.717) is 10.8 Å². The number of amides is 2. The Kier molecular flexibility index (Phi) is 4.66. The fourth-order valence-electron chi connectivity index (χ4n) is 3.34. The molecule has 2 aliphatic rings. The zero-order valence-electron chi connectivity index (χ0n) is 12.7. The highest BCUT2D eigenvalue weighted by atomic mass is 35.5. The number of imide groups is 1. The van der Waals surface area contributed by atoms with Crippen LogP contribution in [-0.4, -0.2) is 29.2 Å². The molecule has 0 radical (unpaired) electrons. The number of rotatable bonds is 4. The Balaban J connectivity index is 1.55. The number of esters is 1. The van der Waals surface area contributed by atoms with Crippen LogP contribution in [-0.2, 0) is 14.4 Å². The molecule has 122 valence electrons. The lowest BCUT2D eigenvalue weighted by atomic mass is 9.81. The Morgan fingerprint density at radius 1 is 1.09 bits per heavy atom. The zero-order chi connectivity index (χ0) is 16.4.